The lowest BCUT2D eigenvalue weighted by Crippen LogP contribution is -2.36. The van der Waals surface area contributed by atoms with Gasteiger partial charge in [-0.3, -0.25) is 4.79 Å². The monoisotopic (exact) mass is 366 g/mol. The van der Waals surface area contributed by atoms with Crippen molar-refractivity contribution in [3.05, 3.63) is 58.9 Å². The molecule has 2 N–H and O–H groups in total. The molecular formula is C22H26N2O3. The van der Waals surface area contributed by atoms with Gasteiger partial charge in [0.05, 0.1) is 18.6 Å². The highest BCUT2D eigenvalue weighted by atomic mass is 16.5. The van der Waals surface area contributed by atoms with Gasteiger partial charge in [-0.2, -0.15) is 5.26 Å². The fourth-order valence-electron chi connectivity index (χ4n) is 4.34. The first-order valence-corrected chi connectivity index (χ1v) is 9.34. The summed E-state index contributed by atoms with van der Waals surface area (Å²) in [5.41, 5.74) is 6.60. The Kier molecular flexibility index (Phi) is 5.38. The van der Waals surface area contributed by atoms with Crippen LogP contribution < -0.4 is 5.73 Å². The Labute approximate surface area is 160 Å². The molecule has 0 aromatic heterocycles. The van der Waals surface area contributed by atoms with Gasteiger partial charge in [0.2, 0.25) is 5.91 Å². The van der Waals surface area contributed by atoms with E-state index in [4.69, 9.17) is 15.2 Å². The maximum atomic E-state index is 11.7. The number of methoxy groups -OCH3 is 2. The van der Waals surface area contributed by atoms with Gasteiger partial charge in [0, 0.05) is 19.1 Å². The summed E-state index contributed by atoms with van der Waals surface area (Å²) < 4.78 is 11.4. The number of hydrogen-bond acceptors (Lipinski definition) is 4. The number of ether oxygens (including phenoxy) is 2. The van der Waals surface area contributed by atoms with Gasteiger partial charge < -0.3 is 15.2 Å². The minimum Gasteiger partial charge on any atom is -0.498 e. The number of hydrogen-bond donors (Lipinski definition) is 1. The molecule has 1 amide bonds. The smallest absolute Gasteiger partial charge is 0.244 e. The van der Waals surface area contributed by atoms with E-state index >= 15 is 0 Å². The van der Waals surface area contributed by atoms with Crippen LogP contribution in [0.3, 0.4) is 0 Å². The van der Waals surface area contributed by atoms with Crippen LogP contribution in [0.15, 0.2) is 47.7 Å². The third kappa shape index (κ3) is 3.26. The van der Waals surface area contributed by atoms with Crippen molar-refractivity contribution >= 4 is 5.91 Å². The fourth-order valence-corrected chi connectivity index (χ4v) is 4.34. The summed E-state index contributed by atoms with van der Waals surface area (Å²) in [5.74, 6) is 0.153. The average Bonchev–Trinajstić information content (AvgIpc) is 2.73. The lowest BCUT2D eigenvalue weighted by Gasteiger charge is -2.37. The minimum atomic E-state index is -0.904. The predicted octanol–water partition coefficient (Wildman–Crippen LogP) is 3.60. The summed E-state index contributed by atoms with van der Waals surface area (Å²) in [6, 6.07) is 10.5. The zero-order valence-electron chi connectivity index (χ0n) is 16.0. The number of rotatable bonds is 5. The van der Waals surface area contributed by atoms with E-state index in [0.717, 1.165) is 36.8 Å². The van der Waals surface area contributed by atoms with E-state index in [1.165, 1.54) is 6.42 Å². The van der Waals surface area contributed by atoms with E-state index < -0.39 is 16.9 Å². The molecule has 0 saturated heterocycles. The van der Waals surface area contributed by atoms with E-state index in [1.54, 1.807) is 26.4 Å². The van der Waals surface area contributed by atoms with E-state index in [9.17, 15) is 10.1 Å². The van der Waals surface area contributed by atoms with E-state index in [1.807, 2.05) is 24.3 Å². The molecule has 1 aromatic rings. The van der Waals surface area contributed by atoms with Gasteiger partial charge in [-0.05, 0) is 36.1 Å². The van der Waals surface area contributed by atoms with Gasteiger partial charge in [0.1, 0.15) is 5.76 Å². The van der Waals surface area contributed by atoms with Crippen molar-refractivity contribution in [1.29, 1.82) is 5.26 Å². The second kappa shape index (κ2) is 7.58. The molecule has 0 radical (unpaired) electrons. The standard InChI is InChI=1S/C22H26N2O3/c1-26-19-11-6-16(20(24)25)14-22(19,27-2)18-9-7-17(8-10-18)21(15-23)12-4-3-5-13-21/h6-11H,3-5,12-14H2,1-2H3,(H2,24,25). The summed E-state index contributed by atoms with van der Waals surface area (Å²) in [7, 11) is 3.19. The highest BCUT2D eigenvalue weighted by Crippen LogP contribution is 2.44. The zero-order valence-corrected chi connectivity index (χ0v) is 16.0. The fraction of sp³-hybridized carbons (Fsp3) is 0.455. The molecule has 1 aromatic carbocycles. The van der Waals surface area contributed by atoms with Crippen molar-refractivity contribution in [3.8, 4) is 6.07 Å². The maximum Gasteiger partial charge on any atom is 0.244 e. The molecule has 2 aliphatic rings. The lowest BCUT2D eigenvalue weighted by atomic mass is 9.70. The number of benzene rings is 1. The Morgan fingerprint density at radius 3 is 2.22 bits per heavy atom. The molecule has 0 heterocycles. The first kappa shape index (κ1) is 19.2. The van der Waals surface area contributed by atoms with Crippen LogP contribution in [0.4, 0.5) is 0 Å². The van der Waals surface area contributed by atoms with Crippen molar-refractivity contribution in [2.75, 3.05) is 14.2 Å². The van der Waals surface area contributed by atoms with Crippen LogP contribution in [0, 0.1) is 11.3 Å². The molecule has 1 fully saturated rings. The molecule has 1 saturated carbocycles. The molecule has 0 aliphatic heterocycles. The van der Waals surface area contributed by atoms with E-state index in [0.29, 0.717) is 17.8 Å². The summed E-state index contributed by atoms with van der Waals surface area (Å²) in [6.07, 6.45) is 8.88. The summed E-state index contributed by atoms with van der Waals surface area (Å²) in [5, 5.41) is 9.82. The van der Waals surface area contributed by atoms with Crippen LogP contribution in [0.25, 0.3) is 0 Å². The van der Waals surface area contributed by atoms with Crippen molar-refractivity contribution in [1.82, 2.24) is 0 Å². The zero-order chi connectivity index (χ0) is 19.5. The van der Waals surface area contributed by atoms with Gasteiger partial charge in [0.25, 0.3) is 0 Å². The molecule has 142 valence electrons. The van der Waals surface area contributed by atoms with Crippen LogP contribution in [0.2, 0.25) is 0 Å². The normalized spacial score (nSPS) is 24.3. The molecule has 5 heteroatoms. The van der Waals surface area contributed by atoms with Crippen molar-refractivity contribution in [3.63, 3.8) is 0 Å². The van der Waals surface area contributed by atoms with Crippen LogP contribution in [0.5, 0.6) is 0 Å². The van der Waals surface area contributed by atoms with Gasteiger partial charge >= 0.3 is 0 Å². The number of nitrogens with zero attached hydrogens (tertiary/aromatic N) is 1. The second-order valence-electron chi connectivity index (χ2n) is 7.33. The van der Waals surface area contributed by atoms with Gasteiger partial charge in [-0.15, -0.1) is 0 Å². The Morgan fingerprint density at radius 2 is 1.70 bits per heavy atom. The quantitative estimate of drug-likeness (QED) is 0.863. The van der Waals surface area contributed by atoms with Gasteiger partial charge in [0.15, 0.2) is 5.60 Å². The van der Waals surface area contributed by atoms with E-state index in [2.05, 4.69) is 6.07 Å². The first-order valence-electron chi connectivity index (χ1n) is 9.34. The van der Waals surface area contributed by atoms with Crippen molar-refractivity contribution < 1.29 is 14.3 Å². The maximum absolute atomic E-state index is 11.7. The molecule has 1 atom stereocenters. The average molecular weight is 366 g/mol. The molecule has 5 nitrogen and oxygen atoms in total. The lowest BCUT2D eigenvalue weighted by molar-refractivity contribution is -0.115. The van der Waals surface area contributed by atoms with Crippen LogP contribution >= 0.6 is 0 Å². The Bertz CT molecular complexity index is 811. The molecular weight excluding hydrogens is 340 g/mol. The number of nitrogens with two attached hydrogens (primary N) is 1. The second-order valence-corrected chi connectivity index (χ2v) is 7.33. The summed E-state index contributed by atoms with van der Waals surface area (Å²) >= 11 is 0. The number of allylic oxidation sites excluding steroid dienone is 2. The number of primary amides is 1. The minimum absolute atomic E-state index is 0.307. The largest absolute Gasteiger partial charge is 0.498 e. The van der Waals surface area contributed by atoms with E-state index in [-0.39, 0.29) is 0 Å². The number of carbonyl (C=O) groups is 1. The number of nitriles is 1. The summed E-state index contributed by atoms with van der Waals surface area (Å²) in [4.78, 5) is 11.7. The highest BCUT2D eigenvalue weighted by Gasteiger charge is 2.42. The highest BCUT2D eigenvalue weighted by molar-refractivity contribution is 5.93. The molecule has 0 spiro atoms. The third-order valence-corrected chi connectivity index (χ3v) is 5.98. The van der Waals surface area contributed by atoms with Crippen LogP contribution in [-0.2, 0) is 25.3 Å². The van der Waals surface area contributed by atoms with Gasteiger partial charge in [-0.1, -0.05) is 43.5 Å². The summed E-state index contributed by atoms with van der Waals surface area (Å²) in [6.45, 7) is 0. The Morgan fingerprint density at radius 1 is 1.07 bits per heavy atom. The number of carbonyl (C=O) groups excluding carboxylic acids is 1. The van der Waals surface area contributed by atoms with Crippen molar-refractivity contribution in [2.24, 2.45) is 5.73 Å². The molecule has 0 bridgehead atoms. The molecule has 3 rings (SSSR count). The Hall–Kier alpha value is -2.58. The van der Waals surface area contributed by atoms with Crippen LogP contribution in [-0.4, -0.2) is 20.1 Å². The molecule has 2 aliphatic carbocycles. The topological polar surface area (TPSA) is 85.3 Å². The molecule has 1 unspecified atom stereocenters. The number of amides is 1. The molecule has 27 heavy (non-hydrogen) atoms. The van der Waals surface area contributed by atoms with Crippen LogP contribution in [0.1, 0.15) is 49.7 Å². The SMILES string of the molecule is COC1=CC=C(C(N)=O)CC1(OC)c1ccc(C2(C#N)CCCCC2)cc1. The Balaban J connectivity index is 1.99. The predicted molar refractivity (Wildman–Crippen MR) is 102 cm³/mol. The van der Waals surface area contributed by atoms with Gasteiger partial charge in [-0.25, -0.2) is 0 Å². The third-order valence-electron chi connectivity index (χ3n) is 5.98. The van der Waals surface area contributed by atoms with Crippen molar-refractivity contribution in [2.45, 2.75) is 49.5 Å². The first-order chi connectivity index (χ1) is 13.0.